The van der Waals surface area contributed by atoms with Gasteiger partial charge in [0.25, 0.3) is 0 Å². The number of carbonyl (C=O) groups is 1. The third kappa shape index (κ3) is 2.94. The summed E-state index contributed by atoms with van der Waals surface area (Å²) in [7, 11) is 0. The molecule has 3 heterocycles. The van der Waals surface area contributed by atoms with Crippen molar-refractivity contribution in [3.8, 4) is 17.1 Å². The van der Waals surface area contributed by atoms with Crippen molar-refractivity contribution in [3.05, 3.63) is 96.6 Å². The number of benzene rings is 3. The fourth-order valence-corrected chi connectivity index (χ4v) is 4.22. The lowest BCUT2D eigenvalue weighted by molar-refractivity contribution is 0.0697. The lowest BCUT2D eigenvalue weighted by atomic mass is 10.1. The highest BCUT2D eigenvalue weighted by atomic mass is 19.1. The smallest absolute Gasteiger partial charge is 0.335 e. The molecule has 6 aromatic rings. The molecule has 1 N–H and O–H groups in total. The second-order valence-corrected chi connectivity index (χ2v) is 7.63. The summed E-state index contributed by atoms with van der Waals surface area (Å²) < 4.78 is 15.7. The standard InChI is InChI=1S/C26H15FN4O2/c27-17-9-11-18(12-10-17)31-24-20-4-2-14-29-22(20)21-19(3-1-13-28-21)23(24)30-25(31)15-5-7-16(8-6-15)26(32)33/h1-14H,(H,32,33). The van der Waals surface area contributed by atoms with Gasteiger partial charge in [0.15, 0.2) is 0 Å². The SMILES string of the molecule is O=C(O)c1ccc(-c2nc3c4cccnc4c4ncccc4c3n2-c2ccc(F)cc2)cc1. The van der Waals surface area contributed by atoms with Gasteiger partial charge in [-0.3, -0.25) is 14.5 Å². The maximum atomic E-state index is 13.7. The van der Waals surface area contributed by atoms with Crippen molar-refractivity contribution >= 4 is 38.8 Å². The largest absolute Gasteiger partial charge is 0.478 e. The highest BCUT2D eigenvalue weighted by molar-refractivity contribution is 6.21. The van der Waals surface area contributed by atoms with E-state index in [2.05, 4.69) is 9.97 Å². The monoisotopic (exact) mass is 434 g/mol. The molecule has 0 unspecified atom stereocenters. The first-order chi connectivity index (χ1) is 16.1. The first-order valence-corrected chi connectivity index (χ1v) is 10.3. The summed E-state index contributed by atoms with van der Waals surface area (Å²) in [4.78, 5) is 25.5. The molecule has 3 aromatic carbocycles. The van der Waals surface area contributed by atoms with E-state index in [1.165, 1.54) is 12.1 Å². The Morgan fingerprint density at radius 2 is 1.42 bits per heavy atom. The van der Waals surface area contributed by atoms with Crippen molar-refractivity contribution in [3.63, 3.8) is 0 Å². The van der Waals surface area contributed by atoms with Gasteiger partial charge < -0.3 is 5.11 Å². The molecule has 0 fully saturated rings. The first-order valence-electron chi connectivity index (χ1n) is 10.3. The van der Waals surface area contributed by atoms with Gasteiger partial charge in [-0.05, 0) is 60.7 Å². The first kappa shape index (κ1) is 19.1. The van der Waals surface area contributed by atoms with Crippen LogP contribution >= 0.6 is 0 Å². The van der Waals surface area contributed by atoms with Gasteiger partial charge in [0.2, 0.25) is 0 Å². The number of imidazole rings is 1. The predicted octanol–water partition coefficient (Wildman–Crippen LogP) is 5.63. The Morgan fingerprint density at radius 3 is 2.09 bits per heavy atom. The Balaban J connectivity index is 1.79. The Labute approximate surface area is 186 Å². The van der Waals surface area contributed by atoms with Crippen LogP contribution in [0.5, 0.6) is 0 Å². The number of fused-ring (bicyclic) bond motifs is 6. The maximum Gasteiger partial charge on any atom is 0.335 e. The normalized spacial score (nSPS) is 11.4. The number of aromatic nitrogens is 4. The predicted molar refractivity (Wildman–Crippen MR) is 124 cm³/mol. The lowest BCUT2D eigenvalue weighted by Gasteiger charge is -2.12. The third-order valence-corrected chi connectivity index (χ3v) is 5.70. The number of nitrogens with zero attached hydrogens (tertiary/aromatic N) is 4. The van der Waals surface area contributed by atoms with E-state index in [1.54, 1.807) is 48.8 Å². The van der Waals surface area contributed by atoms with Gasteiger partial charge in [0, 0.05) is 34.4 Å². The van der Waals surface area contributed by atoms with E-state index >= 15 is 0 Å². The number of hydrogen-bond acceptors (Lipinski definition) is 4. The minimum atomic E-state index is -0.997. The Hall–Kier alpha value is -4.65. The van der Waals surface area contributed by atoms with Crippen LogP contribution in [-0.4, -0.2) is 30.6 Å². The van der Waals surface area contributed by atoms with Crippen molar-refractivity contribution in [2.75, 3.05) is 0 Å². The summed E-state index contributed by atoms with van der Waals surface area (Å²) in [5, 5.41) is 11.0. The second kappa shape index (κ2) is 7.20. The highest BCUT2D eigenvalue weighted by Crippen LogP contribution is 2.37. The van der Waals surface area contributed by atoms with Crippen LogP contribution in [0.15, 0.2) is 85.2 Å². The van der Waals surface area contributed by atoms with Crippen LogP contribution in [0.25, 0.3) is 49.9 Å². The zero-order valence-corrected chi connectivity index (χ0v) is 17.1. The molecule has 0 aliphatic heterocycles. The van der Waals surface area contributed by atoms with Gasteiger partial charge in [-0.25, -0.2) is 14.2 Å². The molecular formula is C26H15FN4O2. The maximum absolute atomic E-state index is 13.7. The zero-order valence-electron chi connectivity index (χ0n) is 17.1. The average molecular weight is 434 g/mol. The zero-order chi connectivity index (χ0) is 22.5. The Bertz CT molecular complexity index is 1690. The summed E-state index contributed by atoms with van der Waals surface area (Å²) in [6.07, 6.45) is 3.46. The van der Waals surface area contributed by atoms with Crippen LogP contribution < -0.4 is 0 Å². The number of hydrogen-bond donors (Lipinski definition) is 1. The topological polar surface area (TPSA) is 80.9 Å². The quantitative estimate of drug-likeness (QED) is 0.365. The molecule has 6 nitrogen and oxygen atoms in total. The van der Waals surface area contributed by atoms with Crippen molar-refractivity contribution in [2.24, 2.45) is 0 Å². The number of carboxylic acids is 1. The van der Waals surface area contributed by atoms with Gasteiger partial charge in [-0.1, -0.05) is 12.1 Å². The van der Waals surface area contributed by atoms with Crippen LogP contribution in [0.2, 0.25) is 0 Å². The summed E-state index contributed by atoms with van der Waals surface area (Å²) in [6, 6.07) is 20.4. The summed E-state index contributed by atoms with van der Waals surface area (Å²) >= 11 is 0. The molecule has 158 valence electrons. The minimum absolute atomic E-state index is 0.187. The fourth-order valence-electron chi connectivity index (χ4n) is 4.22. The molecule has 0 spiro atoms. The lowest BCUT2D eigenvalue weighted by Crippen LogP contribution is -2.00. The Morgan fingerprint density at radius 1 is 0.788 bits per heavy atom. The van der Waals surface area contributed by atoms with Crippen LogP contribution in [0.3, 0.4) is 0 Å². The molecule has 6 rings (SSSR count). The van der Waals surface area contributed by atoms with E-state index < -0.39 is 5.97 Å². The second-order valence-electron chi connectivity index (χ2n) is 7.63. The van der Waals surface area contributed by atoms with E-state index in [1.807, 2.05) is 28.8 Å². The van der Waals surface area contributed by atoms with Crippen molar-refractivity contribution in [1.82, 2.24) is 19.5 Å². The van der Waals surface area contributed by atoms with Crippen LogP contribution in [0.4, 0.5) is 4.39 Å². The van der Waals surface area contributed by atoms with Crippen LogP contribution in [0.1, 0.15) is 10.4 Å². The van der Waals surface area contributed by atoms with Crippen LogP contribution in [-0.2, 0) is 0 Å². The molecule has 0 aliphatic carbocycles. The van der Waals surface area contributed by atoms with Crippen molar-refractivity contribution in [1.29, 1.82) is 0 Å². The summed E-state index contributed by atoms with van der Waals surface area (Å²) in [5.74, 6) is -0.727. The van der Waals surface area contributed by atoms with Gasteiger partial charge in [0.1, 0.15) is 11.6 Å². The average Bonchev–Trinajstić information content (AvgIpc) is 3.26. The molecule has 0 saturated heterocycles. The molecule has 0 bridgehead atoms. The summed E-state index contributed by atoms with van der Waals surface area (Å²) in [5.41, 5.74) is 4.70. The molecule has 0 aliphatic rings. The third-order valence-electron chi connectivity index (χ3n) is 5.70. The molecule has 0 amide bonds. The number of aromatic carboxylic acids is 1. The molecule has 0 atom stereocenters. The van der Waals surface area contributed by atoms with E-state index in [0.29, 0.717) is 5.82 Å². The Kier molecular flexibility index (Phi) is 4.16. The van der Waals surface area contributed by atoms with E-state index in [-0.39, 0.29) is 11.4 Å². The van der Waals surface area contributed by atoms with E-state index in [9.17, 15) is 14.3 Å². The molecule has 0 saturated carbocycles. The molecular weight excluding hydrogens is 419 g/mol. The van der Waals surface area contributed by atoms with Gasteiger partial charge >= 0.3 is 5.97 Å². The van der Waals surface area contributed by atoms with Gasteiger partial charge in [-0.2, -0.15) is 0 Å². The highest BCUT2D eigenvalue weighted by Gasteiger charge is 2.21. The number of pyridine rings is 2. The van der Waals surface area contributed by atoms with Crippen molar-refractivity contribution in [2.45, 2.75) is 0 Å². The molecule has 7 heteroatoms. The van der Waals surface area contributed by atoms with Crippen molar-refractivity contribution < 1.29 is 14.3 Å². The van der Waals surface area contributed by atoms with E-state index in [0.717, 1.165) is 44.1 Å². The fraction of sp³-hybridized carbons (Fsp3) is 0. The number of halogens is 1. The summed E-state index contributed by atoms with van der Waals surface area (Å²) in [6.45, 7) is 0. The van der Waals surface area contributed by atoms with Crippen LogP contribution in [0, 0.1) is 5.82 Å². The number of rotatable bonds is 3. The minimum Gasteiger partial charge on any atom is -0.478 e. The van der Waals surface area contributed by atoms with Gasteiger partial charge in [0.05, 0.1) is 27.6 Å². The molecule has 33 heavy (non-hydrogen) atoms. The number of carboxylic acid groups (broad SMARTS) is 1. The van der Waals surface area contributed by atoms with E-state index in [4.69, 9.17) is 4.98 Å². The molecule has 3 aromatic heterocycles. The molecule has 0 radical (unpaired) electrons. The van der Waals surface area contributed by atoms with Gasteiger partial charge in [-0.15, -0.1) is 0 Å².